The molecule has 0 spiro atoms. The van der Waals surface area contributed by atoms with Crippen molar-refractivity contribution < 1.29 is 9.13 Å². The van der Waals surface area contributed by atoms with Crippen molar-refractivity contribution >= 4 is 15.9 Å². The fraction of sp³-hybridized carbons (Fsp3) is 0.267. The highest BCUT2D eigenvalue weighted by Gasteiger charge is 2.14. The van der Waals surface area contributed by atoms with Gasteiger partial charge < -0.3 is 10.1 Å². The predicted molar refractivity (Wildman–Crippen MR) is 80.5 cm³/mol. The van der Waals surface area contributed by atoms with E-state index in [2.05, 4.69) is 26.2 Å². The average molecular weight is 339 g/mol. The molecule has 2 rings (SSSR count). The third-order valence-electron chi connectivity index (χ3n) is 2.88. The summed E-state index contributed by atoms with van der Waals surface area (Å²) < 4.78 is 20.1. The maximum absolute atomic E-state index is 13.8. The van der Waals surface area contributed by atoms with Crippen molar-refractivity contribution in [2.45, 2.75) is 19.9 Å². The van der Waals surface area contributed by atoms with Crippen LogP contribution in [-0.4, -0.2) is 11.5 Å². The topological polar surface area (TPSA) is 34.2 Å². The van der Waals surface area contributed by atoms with E-state index in [1.807, 2.05) is 26.0 Å². The van der Waals surface area contributed by atoms with Crippen LogP contribution < -0.4 is 10.1 Å². The fourth-order valence-corrected chi connectivity index (χ4v) is 2.23. The average Bonchev–Trinajstić information content (AvgIpc) is 2.43. The van der Waals surface area contributed by atoms with E-state index in [0.717, 1.165) is 12.1 Å². The molecule has 106 valence electrons. The van der Waals surface area contributed by atoms with Crippen molar-refractivity contribution in [2.75, 3.05) is 6.54 Å². The first-order valence-electron chi connectivity index (χ1n) is 6.43. The Hall–Kier alpha value is -1.46. The van der Waals surface area contributed by atoms with Gasteiger partial charge >= 0.3 is 0 Å². The van der Waals surface area contributed by atoms with Crippen molar-refractivity contribution in [1.29, 1.82) is 0 Å². The first-order chi connectivity index (χ1) is 9.61. The molecule has 1 unspecified atom stereocenters. The number of nitrogens with zero attached hydrogens (tertiary/aromatic N) is 1. The Balaban J connectivity index is 2.29. The highest BCUT2D eigenvalue weighted by Crippen LogP contribution is 2.30. The molecule has 0 aliphatic carbocycles. The predicted octanol–water partition coefficient (Wildman–Crippen LogP) is 4.45. The van der Waals surface area contributed by atoms with Gasteiger partial charge in [-0.05, 0) is 37.7 Å². The Morgan fingerprint density at radius 2 is 2.20 bits per heavy atom. The molecule has 0 saturated carbocycles. The van der Waals surface area contributed by atoms with Crippen LogP contribution in [0.5, 0.6) is 11.6 Å². The maximum atomic E-state index is 13.8. The quantitative estimate of drug-likeness (QED) is 0.874. The molecule has 0 aliphatic heterocycles. The fourth-order valence-electron chi connectivity index (χ4n) is 1.90. The minimum absolute atomic E-state index is 0.0854. The number of pyridine rings is 1. The number of aromatic nitrogens is 1. The molecule has 1 heterocycles. The summed E-state index contributed by atoms with van der Waals surface area (Å²) in [5.41, 5.74) is 0.900. The molecule has 1 aromatic heterocycles. The number of benzene rings is 1. The zero-order chi connectivity index (χ0) is 14.5. The van der Waals surface area contributed by atoms with Gasteiger partial charge in [0, 0.05) is 22.3 Å². The van der Waals surface area contributed by atoms with Gasteiger partial charge in [0.2, 0.25) is 5.88 Å². The van der Waals surface area contributed by atoms with Gasteiger partial charge in [0.1, 0.15) is 0 Å². The molecular formula is C15H16BrFN2O. The summed E-state index contributed by atoms with van der Waals surface area (Å²) in [7, 11) is 0. The van der Waals surface area contributed by atoms with Crippen molar-refractivity contribution in [2.24, 2.45) is 0 Å². The molecule has 2 aromatic rings. The van der Waals surface area contributed by atoms with Crippen molar-refractivity contribution in [3.05, 3.63) is 52.4 Å². The number of hydrogen-bond acceptors (Lipinski definition) is 3. The number of rotatable bonds is 5. The maximum Gasteiger partial charge on any atom is 0.224 e. The minimum Gasteiger partial charge on any atom is -0.436 e. The van der Waals surface area contributed by atoms with Crippen LogP contribution in [0.1, 0.15) is 25.5 Å². The molecule has 1 aromatic carbocycles. The third-order valence-corrected chi connectivity index (χ3v) is 3.37. The van der Waals surface area contributed by atoms with Crippen LogP contribution in [0.25, 0.3) is 0 Å². The Morgan fingerprint density at radius 1 is 1.40 bits per heavy atom. The van der Waals surface area contributed by atoms with E-state index in [1.54, 1.807) is 18.3 Å². The van der Waals surface area contributed by atoms with Crippen molar-refractivity contribution in [3.8, 4) is 11.6 Å². The van der Waals surface area contributed by atoms with Crippen LogP contribution in [0.3, 0.4) is 0 Å². The van der Waals surface area contributed by atoms with Gasteiger partial charge in [0.05, 0.1) is 0 Å². The smallest absolute Gasteiger partial charge is 0.224 e. The Kier molecular flexibility index (Phi) is 5.09. The molecule has 0 amide bonds. The van der Waals surface area contributed by atoms with E-state index in [-0.39, 0.29) is 11.8 Å². The lowest BCUT2D eigenvalue weighted by Gasteiger charge is -2.16. The zero-order valence-electron chi connectivity index (χ0n) is 11.4. The Bertz CT molecular complexity index is 592. The van der Waals surface area contributed by atoms with Gasteiger partial charge in [-0.3, -0.25) is 0 Å². The molecule has 0 saturated heterocycles. The van der Waals surface area contributed by atoms with Crippen molar-refractivity contribution in [3.63, 3.8) is 0 Å². The number of ether oxygens (including phenoxy) is 1. The van der Waals surface area contributed by atoms with Gasteiger partial charge in [-0.2, -0.15) is 0 Å². The van der Waals surface area contributed by atoms with Gasteiger partial charge in [-0.25, -0.2) is 9.37 Å². The first-order valence-corrected chi connectivity index (χ1v) is 7.22. The largest absolute Gasteiger partial charge is 0.436 e. The molecule has 0 fully saturated rings. The standard InChI is InChI=1S/C15H16BrFN2O/c1-3-18-10(2)12-5-4-8-19-15(12)20-14-7-6-11(16)9-13(14)17/h4-10,18H,3H2,1-2H3. The second kappa shape index (κ2) is 6.81. The van der Waals surface area contributed by atoms with E-state index in [0.29, 0.717) is 10.4 Å². The summed E-state index contributed by atoms with van der Waals surface area (Å²) in [5.74, 6) is 0.158. The lowest BCUT2D eigenvalue weighted by atomic mass is 10.1. The van der Waals surface area contributed by atoms with Crippen LogP contribution in [0, 0.1) is 5.82 Å². The zero-order valence-corrected chi connectivity index (χ0v) is 12.9. The molecule has 1 atom stereocenters. The highest BCUT2D eigenvalue weighted by atomic mass is 79.9. The molecule has 0 radical (unpaired) electrons. The minimum atomic E-state index is -0.424. The van der Waals surface area contributed by atoms with Crippen LogP contribution >= 0.6 is 15.9 Å². The summed E-state index contributed by atoms with van der Waals surface area (Å²) in [6.07, 6.45) is 1.63. The highest BCUT2D eigenvalue weighted by molar-refractivity contribution is 9.10. The molecule has 1 N–H and O–H groups in total. The molecule has 0 aliphatic rings. The number of hydrogen-bond donors (Lipinski definition) is 1. The summed E-state index contributed by atoms with van der Waals surface area (Å²) in [5, 5.41) is 3.29. The van der Waals surface area contributed by atoms with E-state index in [1.165, 1.54) is 6.07 Å². The first kappa shape index (κ1) is 14.9. The Morgan fingerprint density at radius 3 is 2.90 bits per heavy atom. The number of halogens is 2. The molecule has 20 heavy (non-hydrogen) atoms. The van der Waals surface area contributed by atoms with Gasteiger partial charge in [0.25, 0.3) is 0 Å². The van der Waals surface area contributed by atoms with Crippen molar-refractivity contribution in [1.82, 2.24) is 10.3 Å². The molecule has 0 bridgehead atoms. The van der Waals surface area contributed by atoms with Gasteiger partial charge in [0.15, 0.2) is 11.6 Å². The lowest BCUT2D eigenvalue weighted by molar-refractivity contribution is 0.414. The Labute approximate surface area is 126 Å². The third kappa shape index (κ3) is 3.55. The second-order valence-corrected chi connectivity index (χ2v) is 5.27. The SMILES string of the molecule is CCNC(C)c1cccnc1Oc1ccc(Br)cc1F. The van der Waals surface area contributed by atoms with Gasteiger partial charge in [-0.1, -0.05) is 28.9 Å². The summed E-state index contributed by atoms with van der Waals surface area (Å²) in [4.78, 5) is 4.20. The van der Waals surface area contributed by atoms with Crippen LogP contribution in [0.4, 0.5) is 4.39 Å². The summed E-state index contributed by atoms with van der Waals surface area (Å²) in [6, 6.07) is 8.53. The molecular weight excluding hydrogens is 323 g/mol. The van der Waals surface area contributed by atoms with Crippen LogP contribution in [0.15, 0.2) is 41.0 Å². The summed E-state index contributed by atoms with van der Waals surface area (Å²) in [6.45, 7) is 4.88. The van der Waals surface area contributed by atoms with E-state index in [4.69, 9.17) is 4.74 Å². The summed E-state index contributed by atoms with van der Waals surface area (Å²) >= 11 is 3.22. The van der Waals surface area contributed by atoms with Crippen LogP contribution in [-0.2, 0) is 0 Å². The monoisotopic (exact) mass is 338 g/mol. The second-order valence-electron chi connectivity index (χ2n) is 4.35. The lowest BCUT2D eigenvalue weighted by Crippen LogP contribution is -2.18. The van der Waals surface area contributed by atoms with Crippen LogP contribution in [0.2, 0.25) is 0 Å². The van der Waals surface area contributed by atoms with Gasteiger partial charge in [-0.15, -0.1) is 0 Å². The molecule has 3 nitrogen and oxygen atoms in total. The van der Waals surface area contributed by atoms with E-state index >= 15 is 0 Å². The van der Waals surface area contributed by atoms with E-state index < -0.39 is 5.82 Å². The molecule has 5 heteroatoms. The normalized spacial score (nSPS) is 12.2. The van der Waals surface area contributed by atoms with E-state index in [9.17, 15) is 4.39 Å². The number of nitrogens with one attached hydrogen (secondary N) is 1.